The van der Waals surface area contributed by atoms with Gasteiger partial charge >= 0.3 is 12.1 Å². The molecule has 2 amide bonds. The monoisotopic (exact) mass is 633 g/mol. The van der Waals surface area contributed by atoms with E-state index in [0.717, 1.165) is 11.1 Å². The first-order valence-electron chi connectivity index (χ1n) is 14.3. The summed E-state index contributed by atoms with van der Waals surface area (Å²) in [6.07, 6.45) is -2.14. The van der Waals surface area contributed by atoms with Gasteiger partial charge in [0.1, 0.15) is 11.6 Å². The summed E-state index contributed by atoms with van der Waals surface area (Å²) in [5, 5.41) is 2.78. The number of carbonyl (C=O) groups is 3. The molecule has 11 heteroatoms. The van der Waals surface area contributed by atoms with Gasteiger partial charge in [-0.1, -0.05) is 66.7 Å². The van der Waals surface area contributed by atoms with Gasteiger partial charge in [0, 0.05) is 43.4 Å². The highest BCUT2D eigenvalue weighted by atomic mass is 19.4. The van der Waals surface area contributed by atoms with E-state index in [1.54, 1.807) is 35.2 Å². The standard InChI is InChI=1S/C35H31F4N3O4/c36-31-11-4-1-7-26(31)14-17-32(43)42(21-18-24-12-15-28(16-13-24)46-34(45)35(37,38)39)23-25-6-5-8-27(22-25)29-9-2-3-10-30(29)33(44)41-20-19-40/h1-17,22H,18-21,23,40H2,(H,41,44). The molecule has 0 spiro atoms. The molecular formula is C35H31F4N3O4. The number of amides is 2. The van der Waals surface area contributed by atoms with Crippen LogP contribution in [-0.4, -0.2) is 48.5 Å². The molecule has 0 aliphatic carbocycles. The zero-order valence-corrected chi connectivity index (χ0v) is 24.6. The number of halogens is 4. The van der Waals surface area contributed by atoms with Crippen molar-refractivity contribution >= 4 is 23.9 Å². The van der Waals surface area contributed by atoms with Crippen LogP contribution >= 0.6 is 0 Å². The van der Waals surface area contributed by atoms with Gasteiger partial charge in [-0.05, 0) is 65.1 Å². The Bertz CT molecular complexity index is 1700. The molecule has 4 aromatic carbocycles. The number of rotatable bonds is 12. The molecule has 0 unspecified atom stereocenters. The van der Waals surface area contributed by atoms with E-state index in [1.165, 1.54) is 42.5 Å². The lowest BCUT2D eigenvalue weighted by Gasteiger charge is -2.22. The van der Waals surface area contributed by atoms with Crippen molar-refractivity contribution in [3.05, 3.63) is 131 Å². The Kier molecular flexibility index (Phi) is 11.4. The highest BCUT2D eigenvalue weighted by Gasteiger charge is 2.41. The Morgan fingerprint density at radius 1 is 0.870 bits per heavy atom. The summed E-state index contributed by atoms with van der Waals surface area (Å²) in [5.74, 6) is -3.72. The molecule has 0 saturated heterocycles. The van der Waals surface area contributed by atoms with Crippen molar-refractivity contribution in [1.29, 1.82) is 0 Å². The van der Waals surface area contributed by atoms with Gasteiger partial charge in [0.2, 0.25) is 5.91 Å². The predicted octanol–water partition coefficient (Wildman–Crippen LogP) is 5.93. The molecule has 0 aliphatic heterocycles. The third kappa shape index (κ3) is 9.35. The van der Waals surface area contributed by atoms with Gasteiger partial charge in [-0.15, -0.1) is 0 Å². The number of nitrogens with zero attached hydrogens (tertiary/aromatic N) is 1. The summed E-state index contributed by atoms with van der Waals surface area (Å²) < 4.78 is 56.1. The third-order valence-electron chi connectivity index (χ3n) is 6.87. The number of benzene rings is 4. The molecule has 0 atom stereocenters. The Labute approximate surface area is 263 Å². The van der Waals surface area contributed by atoms with Crippen molar-refractivity contribution < 1.29 is 36.7 Å². The molecule has 0 bridgehead atoms. The molecule has 0 aromatic heterocycles. The van der Waals surface area contributed by atoms with Crippen LogP contribution in [0.1, 0.15) is 27.0 Å². The van der Waals surface area contributed by atoms with Crippen LogP contribution < -0.4 is 15.8 Å². The highest BCUT2D eigenvalue weighted by molar-refractivity contribution is 6.01. The van der Waals surface area contributed by atoms with Gasteiger partial charge in [0.25, 0.3) is 5.91 Å². The van der Waals surface area contributed by atoms with Crippen molar-refractivity contribution in [3.8, 4) is 16.9 Å². The molecule has 238 valence electrons. The maximum absolute atomic E-state index is 14.2. The van der Waals surface area contributed by atoms with E-state index < -0.39 is 23.9 Å². The van der Waals surface area contributed by atoms with Crippen molar-refractivity contribution in [2.24, 2.45) is 5.73 Å². The SMILES string of the molecule is NCCNC(=O)c1ccccc1-c1cccc(CN(CCc2ccc(OC(=O)C(F)(F)F)cc2)C(=O)C=Cc2ccccc2F)c1. The molecule has 0 fully saturated rings. The number of esters is 1. The lowest BCUT2D eigenvalue weighted by Crippen LogP contribution is -2.31. The van der Waals surface area contributed by atoms with E-state index in [4.69, 9.17) is 5.73 Å². The van der Waals surface area contributed by atoms with Gasteiger partial charge < -0.3 is 20.7 Å². The maximum atomic E-state index is 14.2. The van der Waals surface area contributed by atoms with Gasteiger partial charge in [-0.2, -0.15) is 13.2 Å². The number of ether oxygens (including phenoxy) is 1. The van der Waals surface area contributed by atoms with Crippen LogP contribution in [0.15, 0.2) is 103 Å². The van der Waals surface area contributed by atoms with Crippen LogP contribution in [0, 0.1) is 5.82 Å². The number of hydrogen-bond acceptors (Lipinski definition) is 5. The Morgan fingerprint density at radius 2 is 1.59 bits per heavy atom. The van der Waals surface area contributed by atoms with Crippen LogP contribution in [0.2, 0.25) is 0 Å². The molecular weight excluding hydrogens is 602 g/mol. The maximum Gasteiger partial charge on any atom is 0.491 e. The zero-order valence-electron chi connectivity index (χ0n) is 24.6. The van der Waals surface area contributed by atoms with E-state index in [9.17, 15) is 31.9 Å². The fourth-order valence-electron chi connectivity index (χ4n) is 4.57. The average Bonchev–Trinajstić information content (AvgIpc) is 3.05. The van der Waals surface area contributed by atoms with E-state index >= 15 is 0 Å². The average molecular weight is 634 g/mol. The summed E-state index contributed by atoms with van der Waals surface area (Å²) in [5.41, 5.74) is 9.13. The molecule has 7 nitrogen and oxygen atoms in total. The molecule has 0 aliphatic rings. The first-order chi connectivity index (χ1) is 22.0. The minimum atomic E-state index is -5.12. The van der Waals surface area contributed by atoms with Gasteiger partial charge in [-0.3, -0.25) is 9.59 Å². The van der Waals surface area contributed by atoms with Gasteiger partial charge in [-0.25, -0.2) is 9.18 Å². The fourth-order valence-corrected chi connectivity index (χ4v) is 4.57. The lowest BCUT2D eigenvalue weighted by molar-refractivity contribution is -0.189. The van der Waals surface area contributed by atoms with Crippen LogP contribution in [0.25, 0.3) is 17.2 Å². The number of hydrogen-bond donors (Lipinski definition) is 2. The number of carbonyl (C=O) groups excluding carboxylic acids is 3. The van der Waals surface area contributed by atoms with Crippen molar-refractivity contribution in [2.75, 3.05) is 19.6 Å². The first-order valence-corrected chi connectivity index (χ1v) is 14.3. The summed E-state index contributed by atoms with van der Waals surface area (Å²) in [6, 6.07) is 26.0. The van der Waals surface area contributed by atoms with Crippen LogP contribution in [0.5, 0.6) is 5.75 Å². The van der Waals surface area contributed by atoms with Gasteiger partial charge in [0.05, 0.1) is 0 Å². The molecule has 46 heavy (non-hydrogen) atoms. The Hall–Kier alpha value is -5.29. The topological polar surface area (TPSA) is 102 Å². The number of alkyl halides is 3. The van der Waals surface area contributed by atoms with Crippen LogP contribution in [-0.2, 0) is 22.6 Å². The largest absolute Gasteiger partial charge is 0.491 e. The Morgan fingerprint density at radius 3 is 2.30 bits per heavy atom. The lowest BCUT2D eigenvalue weighted by atomic mass is 9.97. The number of nitrogens with two attached hydrogens (primary N) is 1. The second kappa shape index (κ2) is 15.6. The normalized spacial score (nSPS) is 11.3. The van der Waals surface area contributed by atoms with Crippen molar-refractivity contribution in [3.63, 3.8) is 0 Å². The molecule has 4 rings (SSSR count). The van der Waals surface area contributed by atoms with Crippen molar-refractivity contribution in [2.45, 2.75) is 19.1 Å². The zero-order chi connectivity index (χ0) is 33.1. The minimum absolute atomic E-state index is 0.164. The summed E-state index contributed by atoms with van der Waals surface area (Å²) in [4.78, 5) is 38.9. The molecule has 0 saturated carbocycles. The predicted molar refractivity (Wildman–Crippen MR) is 166 cm³/mol. The Balaban J connectivity index is 1.56. The van der Waals surface area contributed by atoms with Crippen LogP contribution in [0.3, 0.4) is 0 Å². The van der Waals surface area contributed by atoms with E-state index in [2.05, 4.69) is 10.1 Å². The van der Waals surface area contributed by atoms with E-state index in [-0.39, 0.29) is 30.3 Å². The second-order valence-corrected chi connectivity index (χ2v) is 10.2. The van der Waals surface area contributed by atoms with Gasteiger partial charge in [0.15, 0.2) is 0 Å². The molecule has 0 radical (unpaired) electrons. The van der Waals surface area contributed by atoms with Crippen LogP contribution in [0.4, 0.5) is 17.6 Å². The highest BCUT2D eigenvalue weighted by Crippen LogP contribution is 2.26. The summed E-state index contributed by atoms with van der Waals surface area (Å²) >= 11 is 0. The molecule has 3 N–H and O–H groups in total. The quantitative estimate of drug-likeness (QED) is 0.0872. The third-order valence-corrected chi connectivity index (χ3v) is 6.87. The molecule has 0 heterocycles. The van der Waals surface area contributed by atoms with Crippen molar-refractivity contribution in [1.82, 2.24) is 10.2 Å². The first kappa shape index (κ1) is 33.6. The van der Waals surface area contributed by atoms with E-state index in [0.29, 0.717) is 36.2 Å². The molecule has 4 aromatic rings. The summed E-state index contributed by atoms with van der Waals surface area (Å²) in [6.45, 7) is 0.988. The summed E-state index contributed by atoms with van der Waals surface area (Å²) in [7, 11) is 0. The smallest absolute Gasteiger partial charge is 0.420 e. The fraction of sp³-hybridized carbons (Fsp3) is 0.171. The number of nitrogens with one attached hydrogen (secondary N) is 1. The minimum Gasteiger partial charge on any atom is -0.420 e. The van der Waals surface area contributed by atoms with E-state index in [1.807, 2.05) is 36.4 Å². The second-order valence-electron chi connectivity index (χ2n) is 10.2.